The van der Waals surface area contributed by atoms with Crippen LogP contribution in [0.25, 0.3) is 0 Å². The summed E-state index contributed by atoms with van der Waals surface area (Å²) in [6.07, 6.45) is 0. The van der Waals surface area contributed by atoms with E-state index >= 15 is 0 Å². The lowest BCUT2D eigenvalue weighted by Crippen LogP contribution is -2.14. The van der Waals surface area contributed by atoms with Crippen molar-refractivity contribution >= 4 is 38.9 Å². The van der Waals surface area contributed by atoms with Crippen molar-refractivity contribution in [3.63, 3.8) is 0 Å². The van der Waals surface area contributed by atoms with E-state index in [1.807, 2.05) is 0 Å². The molecule has 2 rings (SSSR count). The molecule has 0 saturated heterocycles. The van der Waals surface area contributed by atoms with Crippen molar-refractivity contribution in [2.45, 2.75) is 18.4 Å². The summed E-state index contributed by atoms with van der Waals surface area (Å²) < 4.78 is 27.3. The number of nitrogens with two attached hydrogens (primary N) is 1. The van der Waals surface area contributed by atoms with Gasteiger partial charge in [-0.15, -0.1) is 0 Å². The molecule has 2 aromatic rings. The first-order valence-electron chi connectivity index (χ1n) is 6.11. The van der Waals surface area contributed by atoms with Crippen LogP contribution in [0.15, 0.2) is 41.3 Å². The van der Waals surface area contributed by atoms with E-state index in [0.29, 0.717) is 21.3 Å². The Kier molecular flexibility index (Phi) is 4.78. The lowest BCUT2D eigenvalue weighted by Gasteiger charge is -2.12. The fraction of sp³-hybridized carbons (Fsp3) is 0.143. The van der Waals surface area contributed by atoms with Crippen molar-refractivity contribution in [3.8, 4) is 0 Å². The number of hydrogen-bond donors (Lipinski definition) is 2. The predicted octanol–water partition coefficient (Wildman–Crippen LogP) is 3.56. The van der Waals surface area contributed by atoms with Crippen molar-refractivity contribution in [1.29, 1.82) is 0 Å². The molecule has 0 spiro atoms. The minimum Gasteiger partial charge on any atom is -0.326 e. The third-order valence-electron chi connectivity index (χ3n) is 3.00. The summed E-state index contributed by atoms with van der Waals surface area (Å²) in [6, 6.07) is 9.44. The molecule has 0 aliphatic rings. The molecule has 4 nitrogen and oxygen atoms in total. The summed E-state index contributed by atoms with van der Waals surface area (Å²) >= 11 is 11.9. The van der Waals surface area contributed by atoms with Gasteiger partial charge in [0, 0.05) is 16.6 Å². The van der Waals surface area contributed by atoms with Crippen LogP contribution in [0.4, 0.5) is 5.69 Å². The molecule has 112 valence electrons. The Morgan fingerprint density at radius 3 is 2.48 bits per heavy atom. The molecule has 0 heterocycles. The topological polar surface area (TPSA) is 72.2 Å². The van der Waals surface area contributed by atoms with Gasteiger partial charge in [0.1, 0.15) is 0 Å². The highest BCUT2D eigenvalue weighted by Gasteiger charge is 2.16. The van der Waals surface area contributed by atoms with Gasteiger partial charge in [0.2, 0.25) is 0 Å². The van der Waals surface area contributed by atoms with Crippen molar-refractivity contribution in [2.24, 2.45) is 5.73 Å². The lowest BCUT2D eigenvalue weighted by molar-refractivity contribution is 0.601. The number of halogens is 2. The highest BCUT2D eigenvalue weighted by Crippen LogP contribution is 2.25. The molecule has 0 atom stereocenters. The number of rotatable bonds is 4. The van der Waals surface area contributed by atoms with E-state index in [2.05, 4.69) is 4.72 Å². The van der Waals surface area contributed by atoms with Gasteiger partial charge in [-0.25, -0.2) is 8.42 Å². The molecule has 21 heavy (non-hydrogen) atoms. The van der Waals surface area contributed by atoms with Gasteiger partial charge in [-0.05, 0) is 42.3 Å². The maximum Gasteiger partial charge on any atom is 0.261 e. The monoisotopic (exact) mass is 344 g/mol. The van der Waals surface area contributed by atoms with Gasteiger partial charge in [-0.3, -0.25) is 4.72 Å². The molecule has 0 aliphatic heterocycles. The Labute approximate surface area is 133 Å². The maximum absolute atomic E-state index is 12.4. The second-order valence-corrected chi connectivity index (χ2v) is 7.05. The van der Waals surface area contributed by atoms with Crippen LogP contribution in [0.3, 0.4) is 0 Å². The molecule has 3 N–H and O–H groups in total. The van der Waals surface area contributed by atoms with Gasteiger partial charge >= 0.3 is 0 Å². The third kappa shape index (κ3) is 3.68. The second-order valence-electron chi connectivity index (χ2n) is 4.52. The maximum atomic E-state index is 12.4. The quantitative estimate of drug-likeness (QED) is 0.890. The molecule has 0 saturated carbocycles. The van der Waals surface area contributed by atoms with Crippen LogP contribution >= 0.6 is 23.2 Å². The first-order valence-corrected chi connectivity index (χ1v) is 8.35. The van der Waals surface area contributed by atoms with E-state index in [-0.39, 0.29) is 11.4 Å². The third-order valence-corrected chi connectivity index (χ3v) is 4.95. The van der Waals surface area contributed by atoms with E-state index in [1.165, 1.54) is 12.1 Å². The summed E-state index contributed by atoms with van der Waals surface area (Å²) in [4.78, 5) is 0.0732. The Bertz CT molecular complexity index is 777. The summed E-state index contributed by atoms with van der Waals surface area (Å²) in [5.74, 6) is 0. The largest absolute Gasteiger partial charge is 0.326 e. The first kappa shape index (κ1) is 16.1. The Morgan fingerprint density at radius 1 is 1.14 bits per heavy atom. The lowest BCUT2D eigenvalue weighted by atomic mass is 10.2. The van der Waals surface area contributed by atoms with Gasteiger partial charge < -0.3 is 5.73 Å². The summed E-state index contributed by atoms with van der Waals surface area (Å²) in [7, 11) is -3.73. The number of sulfonamides is 1. The van der Waals surface area contributed by atoms with E-state index < -0.39 is 10.0 Å². The van der Waals surface area contributed by atoms with Crippen LogP contribution in [0, 0.1) is 6.92 Å². The summed E-state index contributed by atoms with van der Waals surface area (Å²) in [5, 5.41) is 0.776. The SMILES string of the molecule is Cc1ccc(Cl)cc1NS(=O)(=O)c1ccc(CN)c(Cl)c1. The Morgan fingerprint density at radius 2 is 1.86 bits per heavy atom. The Hall–Kier alpha value is -1.27. The average Bonchev–Trinajstić information content (AvgIpc) is 2.42. The summed E-state index contributed by atoms with van der Waals surface area (Å²) in [6.45, 7) is 2.04. The standard InChI is InChI=1S/C14H14Cl2N2O2S/c1-9-2-4-11(15)6-14(9)18-21(19,20)12-5-3-10(8-17)13(16)7-12/h2-7,18H,8,17H2,1H3. The average molecular weight is 345 g/mol. The van der Waals surface area contributed by atoms with Gasteiger partial charge in [-0.2, -0.15) is 0 Å². The molecule has 0 bridgehead atoms. The van der Waals surface area contributed by atoms with Crippen molar-refractivity contribution in [1.82, 2.24) is 0 Å². The fourth-order valence-electron chi connectivity index (χ4n) is 1.77. The fourth-order valence-corrected chi connectivity index (χ4v) is 3.41. The van der Waals surface area contributed by atoms with Gasteiger partial charge in [0.05, 0.1) is 10.6 Å². The molecule has 0 unspecified atom stereocenters. The number of benzene rings is 2. The highest BCUT2D eigenvalue weighted by molar-refractivity contribution is 7.92. The molecule has 0 amide bonds. The molecule has 7 heteroatoms. The second kappa shape index (κ2) is 6.23. The van der Waals surface area contributed by atoms with Crippen molar-refractivity contribution in [3.05, 3.63) is 57.6 Å². The van der Waals surface area contributed by atoms with Gasteiger partial charge in [-0.1, -0.05) is 35.3 Å². The molecule has 0 aliphatic carbocycles. The zero-order valence-corrected chi connectivity index (χ0v) is 13.6. The van der Waals surface area contributed by atoms with Crippen LogP contribution in [-0.2, 0) is 16.6 Å². The number of aryl methyl sites for hydroxylation is 1. The van der Waals surface area contributed by atoms with E-state index in [9.17, 15) is 8.42 Å². The van der Waals surface area contributed by atoms with Crippen LogP contribution in [0.2, 0.25) is 10.0 Å². The number of anilines is 1. The van der Waals surface area contributed by atoms with E-state index in [1.54, 1.807) is 31.2 Å². The van der Waals surface area contributed by atoms with E-state index in [0.717, 1.165) is 5.56 Å². The van der Waals surface area contributed by atoms with Crippen LogP contribution in [-0.4, -0.2) is 8.42 Å². The molecule has 0 fully saturated rings. The van der Waals surface area contributed by atoms with Crippen LogP contribution in [0.1, 0.15) is 11.1 Å². The van der Waals surface area contributed by atoms with Crippen LogP contribution < -0.4 is 10.5 Å². The van der Waals surface area contributed by atoms with Crippen molar-refractivity contribution in [2.75, 3.05) is 4.72 Å². The summed E-state index contributed by atoms with van der Waals surface area (Å²) in [5.41, 5.74) is 7.40. The van der Waals surface area contributed by atoms with Crippen molar-refractivity contribution < 1.29 is 8.42 Å². The highest BCUT2D eigenvalue weighted by atomic mass is 35.5. The van der Waals surface area contributed by atoms with Gasteiger partial charge in [0.25, 0.3) is 10.0 Å². The molecule has 2 aromatic carbocycles. The minimum absolute atomic E-state index is 0.0732. The zero-order valence-electron chi connectivity index (χ0n) is 11.2. The molecular formula is C14H14Cl2N2O2S. The minimum atomic E-state index is -3.73. The number of hydrogen-bond acceptors (Lipinski definition) is 3. The van der Waals surface area contributed by atoms with Gasteiger partial charge in [0.15, 0.2) is 0 Å². The van der Waals surface area contributed by atoms with E-state index in [4.69, 9.17) is 28.9 Å². The number of nitrogens with one attached hydrogen (secondary N) is 1. The smallest absolute Gasteiger partial charge is 0.261 e. The predicted molar refractivity (Wildman–Crippen MR) is 86.3 cm³/mol. The molecule has 0 aromatic heterocycles. The normalized spacial score (nSPS) is 11.4. The van der Waals surface area contributed by atoms with Crippen LogP contribution in [0.5, 0.6) is 0 Å². The zero-order chi connectivity index (χ0) is 15.6. The Balaban J connectivity index is 2.38. The molecular weight excluding hydrogens is 331 g/mol. The molecule has 0 radical (unpaired) electrons. The first-order chi connectivity index (χ1) is 9.83.